The smallest absolute Gasteiger partial charge is 0.155 e. The van der Waals surface area contributed by atoms with Gasteiger partial charge in [0, 0.05) is 12.1 Å². The molecule has 1 atom stereocenters. The van der Waals surface area contributed by atoms with Crippen LogP contribution in [0.3, 0.4) is 0 Å². The van der Waals surface area contributed by atoms with Crippen molar-refractivity contribution in [3.8, 4) is 22.3 Å². The molecule has 1 aliphatic carbocycles. The third-order valence-electron chi connectivity index (χ3n) is 9.79. The molecule has 8 rings (SSSR count). The fraction of sp³-hybridized carbons (Fsp3) is 0.0638. The number of nitrogens with one attached hydrogen (secondary N) is 1. The molecule has 0 spiro atoms. The van der Waals surface area contributed by atoms with E-state index in [9.17, 15) is 0 Å². The lowest BCUT2D eigenvalue weighted by Crippen LogP contribution is -2.28. The lowest BCUT2D eigenvalue weighted by Gasteiger charge is -2.34. The maximum absolute atomic E-state index is 5.09. The molecule has 248 valence electrons. The van der Waals surface area contributed by atoms with Gasteiger partial charge in [-0.15, -0.1) is 24.0 Å². The van der Waals surface area contributed by atoms with E-state index >= 15 is 0 Å². The molecule has 0 amide bonds. The van der Waals surface area contributed by atoms with Crippen molar-refractivity contribution in [1.29, 1.82) is 0 Å². The van der Waals surface area contributed by atoms with Gasteiger partial charge < -0.3 is 0 Å². The van der Waals surface area contributed by atoms with Crippen LogP contribution >= 0.6 is 24.0 Å². The molecular weight excluding hydrogens is 733 g/mol. The molecule has 0 saturated carbocycles. The first-order valence-corrected chi connectivity index (χ1v) is 17.1. The topological polar surface area (TPSA) is 36.8 Å². The molecule has 0 heterocycles. The van der Waals surface area contributed by atoms with Crippen LogP contribution in [0.5, 0.6) is 0 Å². The molecule has 0 radical (unpaired) electrons. The van der Waals surface area contributed by atoms with E-state index in [-0.39, 0.29) is 30.1 Å². The first-order valence-electron chi connectivity index (χ1n) is 17.1. The Balaban J connectivity index is 0.00000406. The summed E-state index contributed by atoms with van der Waals surface area (Å²) in [7, 11) is 0. The van der Waals surface area contributed by atoms with Gasteiger partial charge >= 0.3 is 0 Å². The first kappa shape index (κ1) is 34.0. The summed E-state index contributed by atoms with van der Waals surface area (Å²) >= 11 is 0. The van der Waals surface area contributed by atoms with E-state index in [0.717, 1.165) is 22.3 Å². The van der Waals surface area contributed by atoms with Crippen molar-refractivity contribution in [1.82, 2.24) is 5.32 Å². The second kappa shape index (κ2) is 15.2. The van der Waals surface area contributed by atoms with Crippen LogP contribution in [0, 0.1) is 0 Å². The summed E-state index contributed by atoms with van der Waals surface area (Å²) in [5.41, 5.74) is 12.7. The number of nitrogens with zero attached hydrogens (tertiary/aromatic N) is 2. The number of aliphatic imine (C=N–C) groups is 2. The molecule has 1 unspecified atom stereocenters. The van der Waals surface area contributed by atoms with Crippen LogP contribution < -0.4 is 5.32 Å². The molecule has 0 fully saturated rings. The normalized spacial score (nSPS) is 13.4. The minimum absolute atomic E-state index is 0. The van der Waals surface area contributed by atoms with E-state index < -0.39 is 5.41 Å². The summed E-state index contributed by atoms with van der Waals surface area (Å²) in [6.07, 6.45) is -0.279. The van der Waals surface area contributed by atoms with Crippen molar-refractivity contribution in [3.63, 3.8) is 0 Å². The summed E-state index contributed by atoms with van der Waals surface area (Å²) in [6, 6.07) is 66.8. The van der Waals surface area contributed by atoms with Crippen molar-refractivity contribution < 1.29 is 0 Å². The van der Waals surface area contributed by atoms with Gasteiger partial charge in [-0.25, -0.2) is 9.98 Å². The van der Waals surface area contributed by atoms with Gasteiger partial charge in [0.05, 0.1) is 5.41 Å². The van der Waals surface area contributed by atoms with Gasteiger partial charge in [0.1, 0.15) is 6.17 Å². The summed E-state index contributed by atoms with van der Waals surface area (Å²) in [5.74, 6) is 0.600. The largest absolute Gasteiger partial charge is 0.288 e. The van der Waals surface area contributed by atoms with Crippen molar-refractivity contribution in [3.05, 3.63) is 227 Å². The molecule has 51 heavy (non-hydrogen) atoms. The van der Waals surface area contributed by atoms with E-state index in [2.05, 4.69) is 181 Å². The van der Waals surface area contributed by atoms with Crippen LogP contribution in [0.2, 0.25) is 0 Å². The van der Waals surface area contributed by atoms with Gasteiger partial charge in [-0.3, -0.25) is 5.32 Å². The molecule has 0 aromatic heterocycles. The van der Waals surface area contributed by atoms with Crippen LogP contribution in [0.4, 0.5) is 0 Å². The third kappa shape index (κ3) is 6.49. The molecule has 3 nitrogen and oxygen atoms in total. The maximum Gasteiger partial charge on any atom is 0.155 e. The standard InChI is InChI=1S/C47H37N3.HI/c1-48-45(50-46(36-18-8-3-9-19-36)49-33-34-16-6-2-7-17-34)37-28-26-35(27-29-37)38-30-31-42-41-24-14-15-25-43(41)47(44(42)32-38,39-20-10-4-11-21-39)40-22-12-5-13-23-40;/h2-32,46,49H,1,33H2;1H/b50-45-;. The highest BCUT2D eigenvalue weighted by molar-refractivity contribution is 14.0. The highest BCUT2D eigenvalue weighted by Gasteiger charge is 2.46. The van der Waals surface area contributed by atoms with Crippen LogP contribution in [-0.2, 0) is 12.0 Å². The van der Waals surface area contributed by atoms with Gasteiger partial charge in [-0.1, -0.05) is 182 Å². The second-order valence-electron chi connectivity index (χ2n) is 12.7. The van der Waals surface area contributed by atoms with Gasteiger partial charge in [-0.2, -0.15) is 0 Å². The zero-order chi connectivity index (χ0) is 33.8. The predicted molar refractivity (Wildman–Crippen MR) is 223 cm³/mol. The van der Waals surface area contributed by atoms with Crippen LogP contribution in [0.25, 0.3) is 22.3 Å². The predicted octanol–water partition coefficient (Wildman–Crippen LogP) is 11.3. The molecule has 7 aromatic rings. The Bertz CT molecular complexity index is 2230. The Labute approximate surface area is 317 Å². The van der Waals surface area contributed by atoms with Gasteiger partial charge in [0.15, 0.2) is 5.84 Å². The van der Waals surface area contributed by atoms with Gasteiger partial charge in [0.25, 0.3) is 0 Å². The number of halogens is 1. The molecule has 1 aliphatic rings. The van der Waals surface area contributed by atoms with E-state index in [1.165, 1.54) is 38.9 Å². The first-order chi connectivity index (χ1) is 24.8. The lowest BCUT2D eigenvalue weighted by molar-refractivity contribution is 0.554. The summed E-state index contributed by atoms with van der Waals surface area (Å²) in [4.78, 5) is 9.48. The number of amidine groups is 1. The monoisotopic (exact) mass is 771 g/mol. The van der Waals surface area contributed by atoms with E-state index in [1.54, 1.807) is 0 Å². The Hall–Kier alpha value is -5.43. The van der Waals surface area contributed by atoms with E-state index in [0.29, 0.717) is 12.4 Å². The zero-order valence-corrected chi connectivity index (χ0v) is 30.5. The maximum atomic E-state index is 5.09. The molecule has 1 N–H and O–H groups in total. The molecule has 4 heteroatoms. The second-order valence-corrected chi connectivity index (χ2v) is 12.7. The van der Waals surface area contributed by atoms with Gasteiger partial charge in [-0.05, 0) is 68.4 Å². The number of benzene rings is 7. The molecule has 0 saturated heterocycles. The van der Waals surface area contributed by atoms with Crippen molar-refractivity contribution in [2.45, 2.75) is 18.1 Å². The van der Waals surface area contributed by atoms with Crippen molar-refractivity contribution in [2.24, 2.45) is 9.98 Å². The minimum atomic E-state index is -0.434. The average Bonchev–Trinajstić information content (AvgIpc) is 3.50. The number of hydrogen-bond donors (Lipinski definition) is 1. The molecule has 0 aliphatic heterocycles. The fourth-order valence-electron chi connectivity index (χ4n) is 7.45. The molecular formula is C47H38IN3. The van der Waals surface area contributed by atoms with Gasteiger partial charge in [0.2, 0.25) is 0 Å². The fourth-order valence-corrected chi connectivity index (χ4v) is 7.45. The van der Waals surface area contributed by atoms with E-state index in [1.807, 2.05) is 24.3 Å². The van der Waals surface area contributed by atoms with Crippen molar-refractivity contribution >= 4 is 36.5 Å². The third-order valence-corrected chi connectivity index (χ3v) is 9.79. The molecule has 7 aromatic carbocycles. The molecule has 0 bridgehead atoms. The van der Waals surface area contributed by atoms with Crippen LogP contribution in [-0.4, -0.2) is 12.6 Å². The number of rotatable bonds is 9. The number of fused-ring (bicyclic) bond motifs is 3. The average molecular weight is 772 g/mol. The zero-order valence-electron chi connectivity index (χ0n) is 28.2. The highest BCUT2D eigenvalue weighted by Crippen LogP contribution is 2.56. The Morgan fingerprint density at radius 3 is 1.71 bits per heavy atom. The summed E-state index contributed by atoms with van der Waals surface area (Å²) < 4.78 is 0. The summed E-state index contributed by atoms with van der Waals surface area (Å²) in [5, 5.41) is 3.61. The lowest BCUT2D eigenvalue weighted by atomic mass is 9.67. The van der Waals surface area contributed by atoms with E-state index in [4.69, 9.17) is 4.99 Å². The Morgan fingerprint density at radius 2 is 1.08 bits per heavy atom. The summed E-state index contributed by atoms with van der Waals surface area (Å²) in [6.45, 7) is 4.59. The number of hydrogen-bond acceptors (Lipinski definition) is 2. The van der Waals surface area contributed by atoms with Crippen LogP contribution in [0.1, 0.15) is 45.1 Å². The Kier molecular flexibility index (Phi) is 10.2. The quantitative estimate of drug-likeness (QED) is 0.0886. The minimum Gasteiger partial charge on any atom is -0.288 e. The van der Waals surface area contributed by atoms with Crippen LogP contribution in [0.15, 0.2) is 198 Å². The SMILES string of the molecule is C=N/C(=N\C(NCc1ccccc1)c1ccccc1)c1ccc(-c2ccc3c(c2)C(c2ccccc2)(c2ccccc2)c2ccccc2-3)cc1.I. The Morgan fingerprint density at radius 1 is 0.549 bits per heavy atom. The highest BCUT2D eigenvalue weighted by atomic mass is 127. The van der Waals surface area contributed by atoms with Crippen molar-refractivity contribution in [2.75, 3.05) is 0 Å².